The number of carbonyl (C=O) groups is 1. The number of carbonyl (C=O) groups excluding carboxylic acids is 1. The number of thioether (sulfide) groups is 1. The molecular formula is C22H27N5O3S. The second-order valence-electron chi connectivity index (χ2n) is 7.75. The van der Waals surface area contributed by atoms with E-state index in [-0.39, 0.29) is 23.3 Å². The van der Waals surface area contributed by atoms with Crippen LogP contribution in [0.25, 0.3) is 11.0 Å². The minimum absolute atomic E-state index is 0.0169. The summed E-state index contributed by atoms with van der Waals surface area (Å²) in [5.74, 6) is 0.00558. The molecule has 0 bridgehead atoms. The van der Waals surface area contributed by atoms with Crippen molar-refractivity contribution in [2.75, 3.05) is 17.7 Å². The van der Waals surface area contributed by atoms with E-state index in [0.717, 1.165) is 24.1 Å². The average Bonchev–Trinajstić information content (AvgIpc) is 3.38. The molecule has 1 saturated heterocycles. The Bertz CT molecular complexity index is 1150. The quantitative estimate of drug-likeness (QED) is 0.447. The van der Waals surface area contributed by atoms with Gasteiger partial charge in [0, 0.05) is 18.8 Å². The van der Waals surface area contributed by atoms with Gasteiger partial charge >= 0.3 is 0 Å². The van der Waals surface area contributed by atoms with Crippen LogP contribution in [0.1, 0.15) is 31.0 Å². The summed E-state index contributed by atoms with van der Waals surface area (Å²) in [6.45, 7) is 7.53. The number of hydrogen-bond donors (Lipinski definition) is 1. The van der Waals surface area contributed by atoms with Crippen LogP contribution in [-0.4, -0.2) is 43.7 Å². The van der Waals surface area contributed by atoms with Gasteiger partial charge in [0.05, 0.1) is 24.1 Å². The maximum Gasteiger partial charge on any atom is 0.280 e. The fraction of sp³-hybridized carbons (Fsp3) is 0.455. The first-order valence-corrected chi connectivity index (χ1v) is 11.5. The van der Waals surface area contributed by atoms with E-state index in [4.69, 9.17) is 9.72 Å². The van der Waals surface area contributed by atoms with E-state index in [1.165, 1.54) is 11.8 Å². The van der Waals surface area contributed by atoms with Crippen LogP contribution in [0.2, 0.25) is 0 Å². The summed E-state index contributed by atoms with van der Waals surface area (Å²) in [7, 11) is 0. The van der Waals surface area contributed by atoms with E-state index in [1.807, 2.05) is 45.0 Å². The Morgan fingerprint density at radius 2 is 2.06 bits per heavy atom. The molecule has 9 heteroatoms. The fourth-order valence-electron chi connectivity index (χ4n) is 3.74. The zero-order chi connectivity index (χ0) is 22.0. The molecule has 0 saturated carbocycles. The minimum atomic E-state index is -0.146. The number of hydrogen-bond acceptors (Lipinski definition) is 6. The van der Waals surface area contributed by atoms with E-state index in [0.29, 0.717) is 41.6 Å². The number of ether oxygens (including phenoxy) is 1. The summed E-state index contributed by atoms with van der Waals surface area (Å²) in [6, 6.07) is 7.65. The zero-order valence-corrected chi connectivity index (χ0v) is 18.9. The summed E-state index contributed by atoms with van der Waals surface area (Å²) in [4.78, 5) is 30.6. The van der Waals surface area contributed by atoms with Crippen LogP contribution < -0.4 is 10.9 Å². The van der Waals surface area contributed by atoms with Gasteiger partial charge in [0.25, 0.3) is 5.56 Å². The van der Waals surface area contributed by atoms with Gasteiger partial charge in [-0.15, -0.1) is 0 Å². The third-order valence-electron chi connectivity index (χ3n) is 5.36. The highest BCUT2D eigenvalue weighted by Gasteiger charge is 2.23. The first-order valence-electron chi connectivity index (χ1n) is 10.5. The molecule has 1 aromatic carbocycles. The molecule has 2 aromatic heterocycles. The van der Waals surface area contributed by atoms with Gasteiger partial charge in [-0.25, -0.2) is 4.98 Å². The summed E-state index contributed by atoms with van der Waals surface area (Å²) in [5.41, 5.74) is 3.55. The van der Waals surface area contributed by atoms with Gasteiger partial charge in [0.2, 0.25) is 5.91 Å². The topological polar surface area (TPSA) is 91.0 Å². The highest BCUT2D eigenvalue weighted by Crippen LogP contribution is 2.23. The molecule has 3 aromatic rings. The Balaban J connectivity index is 1.61. The lowest BCUT2D eigenvalue weighted by atomic mass is 10.2. The number of benzene rings is 1. The van der Waals surface area contributed by atoms with Gasteiger partial charge in [-0.3, -0.25) is 18.8 Å². The zero-order valence-electron chi connectivity index (χ0n) is 18.1. The normalized spacial score (nSPS) is 16.2. The van der Waals surface area contributed by atoms with Gasteiger partial charge in [-0.1, -0.05) is 29.5 Å². The van der Waals surface area contributed by atoms with E-state index < -0.39 is 0 Å². The van der Waals surface area contributed by atoms with Gasteiger partial charge in [0.1, 0.15) is 5.52 Å². The monoisotopic (exact) mass is 441 g/mol. The van der Waals surface area contributed by atoms with E-state index in [1.54, 1.807) is 9.25 Å². The first-order chi connectivity index (χ1) is 15.0. The number of fused-ring (bicyclic) bond motifs is 1. The lowest BCUT2D eigenvalue weighted by molar-refractivity contribution is -0.113. The molecule has 1 fully saturated rings. The number of aromatic nitrogens is 4. The van der Waals surface area contributed by atoms with Crippen molar-refractivity contribution in [3.63, 3.8) is 0 Å². The molecular weight excluding hydrogens is 414 g/mol. The molecule has 1 aliphatic rings. The maximum absolute atomic E-state index is 13.4. The van der Waals surface area contributed by atoms with Crippen molar-refractivity contribution in [1.29, 1.82) is 0 Å². The van der Waals surface area contributed by atoms with Crippen molar-refractivity contribution in [2.45, 2.75) is 58.0 Å². The molecule has 0 radical (unpaired) electrons. The molecule has 1 aliphatic heterocycles. The van der Waals surface area contributed by atoms with Crippen LogP contribution in [0, 0.1) is 13.8 Å². The number of anilines is 1. The molecule has 1 unspecified atom stereocenters. The Kier molecular flexibility index (Phi) is 6.43. The number of aryl methyl sites for hydroxylation is 3. The molecule has 8 nitrogen and oxygen atoms in total. The second kappa shape index (κ2) is 9.23. The van der Waals surface area contributed by atoms with E-state index in [9.17, 15) is 9.59 Å². The van der Waals surface area contributed by atoms with Crippen molar-refractivity contribution >= 4 is 34.4 Å². The van der Waals surface area contributed by atoms with Gasteiger partial charge in [-0.05, 0) is 45.7 Å². The van der Waals surface area contributed by atoms with Crippen molar-refractivity contribution in [3.8, 4) is 0 Å². The van der Waals surface area contributed by atoms with Crippen molar-refractivity contribution < 1.29 is 9.53 Å². The van der Waals surface area contributed by atoms with Crippen LogP contribution in [0.3, 0.4) is 0 Å². The molecule has 1 N–H and O–H groups in total. The standard InChI is InChI=1S/C22H27N5O3S/c1-4-27-20-19(15(3)25-27)24-22(26(21(20)29)12-17-6-5-11-30-17)31-13-18(28)23-16-9-7-14(2)8-10-16/h7-10,17H,4-6,11-13H2,1-3H3,(H,23,28). The predicted molar refractivity (Wildman–Crippen MR) is 122 cm³/mol. The maximum atomic E-state index is 13.4. The van der Waals surface area contributed by atoms with Crippen LogP contribution in [0.4, 0.5) is 5.69 Å². The SMILES string of the molecule is CCn1nc(C)c2nc(SCC(=O)Nc3ccc(C)cc3)n(CC3CCCO3)c(=O)c21. The Morgan fingerprint density at radius 3 is 2.74 bits per heavy atom. The lowest BCUT2D eigenvalue weighted by Gasteiger charge is -2.16. The molecule has 1 amide bonds. The minimum Gasteiger partial charge on any atom is -0.376 e. The largest absolute Gasteiger partial charge is 0.376 e. The number of nitrogens with one attached hydrogen (secondary N) is 1. The number of amides is 1. The molecule has 0 aliphatic carbocycles. The van der Waals surface area contributed by atoms with E-state index >= 15 is 0 Å². The Morgan fingerprint density at radius 1 is 1.29 bits per heavy atom. The van der Waals surface area contributed by atoms with Crippen molar-refractivity contribution in [3.05, 3.63) is 45.9 Å². The lowest BCUT2D eigenvalue weighted by Crippen LogP contribution is -2.30. The summed E-state index contributed by atoms with van der Waals surface area (Å²) >= 11 is 1.26. The molecule has 0 spiro atoms. The molecule has 4 rings (SSSR count). The second-order valence-corrected chi connectivity index (χ2v) is 8.69. The molecule has 1 atom stereocenters. The van der Waals surface area contributed by atoms with Gasteiger partial charge in [0.15, 0.2) is 10.7 Å². The summed E-state index contributed by atoms with van der Waals surface area (Å²) in [6.07, 6.45) is 1.88. The van der Waals surface area contributed by atoms with Gasteiger partial charge in [-0.2, -0.15) is 5.10 Å². The van der Waals surface area contributed by atoms with E-state index in [2.05, 4.69) is 10.4 Å². The third-order valence-corrected chi connectivity index (χ3v) is 6.34. The molecule has 3 heterocycles. The highest BCUT2D eigenvalue weighted by atomic mass is 32.2. The molecule has 164 valence electrons. The fourth-order valence-corrected chi connectivity index (χ4v) is 4.55. The summed E-state index contributed by atoms with van der Waals surface area (Å²) < 4.78 is 9.10. The highest BCUT2D eigenvalue weighted by molar-refractivity contribution is 7.99. The van der Waals surface area contributed by atoms with Crippen LogP contribution in [-0.2, 0) is 22.6 Å². The van der Waals surface area contributed by atoms with Crippen LogP contribution in [0.15, 0.2) is 34.2 Å². The third kappa shape index (κ3) is 4.67. The van der Waals surface area contributed by atoms with Crippen LogP contribution >= 0.6 is 11.8 Å². The number of rotatable bonds is 7. The van der Waals surface area contributed by atoms with Crippen LogP contribution in [0.5, 0.6) is 0 Å². The van der Waals surface area contributed by atoms with Crippen molar-refractivity contribution in [1.82, 2.24) is 19.3 Å². The van der Waals surface area contributed by atoms with Gasteiger partial charge < -0.3 is 10.1 Å². The molecule has 31 heavy (non-hydrogen) atoms. The Labute approximate surface area is 185 Å². The average molecular weight is 442 g/mol. The Hall–Kier alpha value is -2.65. The number of nitrogens with zero attached hydrogens (tertiary/aromatic N) is 4. The smallest absolute Gasteiger partial charge is 0.280 e. The van der Waals surface area contributed by atoms with Crippen molar-refractivity contribution in [2.24, 2.45) is 0 Å². The summed E-state index contributed by atoms with van der Waals surface area (Å²) in [5, 5.41) is 7.87. The first kappa shape index (κ1) is 21.6. The predicted octanol–water partition coefficient (Wildman–Crippen LogP) is 3.14.